The van der Waals surface area contributed by atoms with Crippen LogP contribution < -0.4 is 5.73 Å². The maximum Gasteiger partial charge on any atom is 0.223 e. The molecule has 1 aliphatic heterocycles. The average Bonchev–Trinajstić information content (AvgIpc) is 2.50. The number of nitrogens with two attached hydrogens (primary N) is 1. The summed E-state index contributed by atoms with van der Waals surface area (Å²) in [6, 6.07) is 0. The van der Waals surface area contributed by atoms with Crippen LogP contribution in [0.15, 0.2) is 0 Å². The van der Waals surface area contributed by atoms with Crippen molar-refractivity contribution >= 4 is 27.2 Å². The predicted molar refractivity (Wildman–Crippen MR) is 57.4 cm³/mol. The number of hydrogen-bond acceptors (Lipinski definition) is 4. The summed E-state index contributed by atoms with van der Waals surface area (Å²) >= 11 is 4.64. The molecule has 3 N–H and O–H groups in total. The van der Waals surface area contributed by atoms with E-state index in [1.165, 1.54) is 11.2 Å². The number of nitrogens with zero attached hydrogens (tertiary/aromatic N) is 1. The quantitative estimate of drug-likeness (QED) is 0.620. The van der Waals surface area contributed by atoms with Gasteiger partial charge in [0.25, 0.3) is 0 Å². The zero-order chi connectivity index (χ0) is 10.9. The Morgan fingerprint density at radius 1 is 1.71 bits per heavy atom. The number of hydrogen-bond donors (Lipinski definition) is 2. The van der Waals surface area contributed by atoms with Gasteiger partial charge in [0, 0.05) is 13.1 Å². The Balaban J connectivity index is 2.81. The lowest BCUT2D eigenvalue weighted by Crippen LogP contribution is -2.42. The van der Waals surface area contributed by atoms with Gasteiger partial charge >= 0.3 is 0 Å². The second-order valence-electron chi connectivity index (χ2n) is 3.39. The minimum atomic E-state index is -3.46. The van der Waals surface area contributed by atoms with Crippen LogP contribution >= 0.6 is 12.2 Å². The zero-order valence-corrected chi connectivity index (χ0v) is 9.51. The van der Waals surface area contributed by atoms with E-state index in [2.05, 4.69) is 12.2 Å². The molecule has 1 saturated heterocycles. The van der Waals surface area contributed by atoms with Crippen LogP contribution in [0.3, 0.4) is 0 Å². The Labute approximate surface area is 88.9 Å². The van der Waals surface area contributed by atoms with Crippen LogP contribution in [0.4, 0.5) is 0 Å². The molecule has 1 aliphatic rings. The molecule has 0 saturated carbocycles. The maximum absolute atomic E-state index is 11.8. The summed E-state index contributed by atoms with van der Waals surface area (Å²) in [6.07, 6.45) is -0.0909. The van der Waals surface area contributed by atoms with Crippen molar-refractivity contribution in [2.24, 2.45) is 5.73 Å². The molecule has 5 nitrogen and oxygen atoms in total. The third kappa shape index (κ3) is 2.22. The molecule has 0 radical (unpaired) electrons. The van der Waals surface area contributed by atoms with E-state index in [1.54, 1.807) is 0 Å². The second kappa shape index (κ2) is 4.09. The molecule has 1 fully saturated rings. The van der Waals surface area contributed by atoms with E-state index in [0.29, 0.717) is 13.0 Å². The van der Waals surface area contributed by atoms with E-state index in [9.17, 15) is 13.5 Å². The average molecular weight is 238 g/mol. The van der Waals surface area contributed by atoms with Crippen LogP contribution in [0.2, 0.25) is 0 Å². The van der Waals surface area contributed by atoms with Gasteiger partial charge in [0.1, 0.15) is 5.25 Å². The van der Waals surface area contributed by atoms with Gasteiger partial charge in [0.05, 0.1) is 11.1 Å². The molecule has 0 aromatic carbocycles. The number of sulfonamides is 1. The lowest BCUT2D eigenvalue weighted by molar-refractivity contribution is 0.189. The third-order valence-electron chi connectivity index (χ3n) is 2.33. The number of thiocarbonyl (C=S) groups is 1. The predicted octanol–water partition coefficient (Wildman–Crippen LogP) is -0.943. The monoisotopic (exact) mass is 238 g/mol. The summed E-state index contributed by atoms with van der Waals surface area (Å²) in [5.41, 5.74) is 5.29. The minimum Gasteiger partial charge on any atom is -0.392 e. The highest BCUT2D eigenvalue weighted by Gasteiger charge is 2.35. The second-order valence-corrected chi connectivity index (χ2v) is 6.11. The molecule has 2 atom stereocenters. The highest BCUT2D eigenvalue weighted by atomic mass is 32.2. The molecule has 0 amide bonds. The standard InChI is InChI=1S/C7H14N2O3S2/c1-5(7(8)13)14(11,12)9-3-2-6(10)4-9/h5-6,10H,2-4H2,1H3,(H2,8,13). The Morgan fingerprint density at radius 3 is 2.64 bits per heavy atom. The number of aliphatic hydroxyl groups excluding tert-OH is 1. The van der Waals surface area contributed by atoms with Gasteiger partial charge in [0.15, 0.2) is 0 Å². The van der Waals surface area contributed by atoms with Gasteiger partial charge in [-0.2, -0.15) is 4.31 Å². The summed E-state index contributed by atoms with van der Waals surface area (Å²) in [7, 11) is -3.46. The van der Waals surface area contributed by atoms with Crippen molar-refractivity contribution in [1.29, 1.82) is 0 Å². The van der Waals surface area contributed by atoms with Crippen molar-refractivity contribution in [3.63, 3.8) is 0 Å². The number of rotatable bonds is 3. The molecule has 1 rings (SSSR count). The fourth-order valence-corrected chi connectivity index (χ4v) is 3.16. The first-order valence-corrected chi connectivity index (χ1v) is 6.23. The normalized spacial score (nSPS) is 26.3. The number of aliphatic hydroxyl groups is 1. The highest BCUT2D eigenvalue weighted by molar-refractivity contribution is 7.92. The van der Waals surface area contributed by atoms with E-state index < -0.39 is 21.4 Å². The molecule has 7 heteroatoms. The summed E-state index contributed by atoms with van der Waals surface area (Å²) < 4.78 is 24.8. The smallest absolute Gasteiger partial charge is 0.223 e. The van der Waals surface area contributed by atoms with Gasteiger partial charge in [0.2, 0.25) is 10.0 Å². The van der Waals surface area contributed by atoms with Crippen molar-refractivity contribution in [3.8, 4) is 0 Å². The van der Waals surface area contributed by atoms with E-state index in [-0.39, 0.29) is 11.5 Å². The SMILES string of the molecule is CC(C(N)=S)S(=O)(=O)N1CCC(O)C1. The first kappa shape index (κ1) is 11.8. The maximum atomic E-state index is 11.8. The summed E-state index contributed by atoms with van der Waals surface area (Å²) in [4.78, 5) is -0.0358. The van der Waals surface area contributed by atoms with E-state index in [0.717, 1.165) is 0 Å². The van der Waals surface area contributed by atoms with Gasteiger partial charge in [-0.15, -0.1) is 0 Å². The van der Waals surface area contributed by atoms with Gasteiger partial charge in [-0.1, -0.05) is 12.2 Å². The largest absolute Gasteiger partial charge is 0.392 e. The summed E-state index contributed by atoms with van der Waals surface area (Å²) in [5, 5.41) is 8.35. The zero-order valence-electron chi connectivity index (χ0n) is 7.88. The van der Waals surface area contributed by atoms with Crippen molar-refractivity contribution in [1.82, 2.24) is 4.31 Å². The molecule has 2 unspecified atom stereocenters. The molecule has 0 aromatic rings. The summed E-state index contributed by atoms with van der Waals surface area (Å²) in [6.45, 7) is 1.95. The third-order valence-corrected chi connectivity index (χ3v) is 5.04. The number of β-amino-alcohol motifs (C(OH)–C–C–N with tert-alkyl or cyclic N) is 1. The molecule has 0 spiro atoms. The fourth-order valence-electron chi connectivity index (χ4n) is 1.31. The van der Waals surface area contributed by atoms with Crippen molar-refractivity contribution in [2.75, 3.05) is 13.1 Å². The van der Waals surface area contributed by atoms with E-state index >= 15 is 0 Å². The Hall–Kier alpha value is -0.240. The summed E-state index contributed by atoms with van der Waals surface area (Å²) in [5.74, 6) is 0. The van der Waals surface area contributed by atoms with Crippen LogP contribution in [-0.4, -0.2) is 47.3 Å². The van der Waals surface area contributed by atoms with E-state index in [1.807, 2.05) is 0 Å². The molecule has 0 aliphatic carbocycles. The molecule has 82 valence electrons. The lowest BCUT2D eigenvalue weighted by Gasteiger charge is -2.20. The van der Waals surface area contributed by atoms with Crippen LogP contribution in [0.5, 0.6) is 0 Å². The Bertz CT molecular complexity index is 328. The van der Waals surface area contributed by atoms with Gasteiger partial charge < -0.3 is 10.8 Å². The van der Waals surface area contributed by atoms with Crippen LogP contribution in [0, 0.1) is 0 Å². The highest BCUT2D eigenvalue weighted by Crippen LogP contribution is 2.17. The van der Waals surface area contributed by atoms with Crippen molar-refractivity contribution in [2.45, 2.75) is 24.7 Å². The van der Waals surface area contributed by atoms with Gasteiger partial charge in [-0.05, 0) is 13.3 Å². The molecule has 0 bridgehead atoms. The molecular weight excluding hydrogens is 224 g/mol. The fraction of sp³-hybridized carbons (Fsp3) is 0.857. The van der Waals surface area contributed by atoms with Gasteiger partial charge in [-0.3, -0.25) is 0 Å². The topological polar surface area (TPSA) is 83.6 Å². The van der Waals surface area contributed by atoms with Crippen LogP contribution in [0.1, 0.15) is 13.3 Å². The van der Waals surface area contributed by atoms with Crippen LogP contribution in [-0.2, 0) is 10.0 Å². The first-order valence-electron chi connectivity index (χ1n) is 4.32. The van der Waals surface area contributed by atoms with Crippen molar-refractivity contribution < 1.29 is 13.5 Å². The molecule has 14 heavy (non-hydrogen) atoms. The molecule has 0 aromatic heterocycles. The first-order chi connectivity index (χ1) is 6.35. The molecule has 1 heterocycles. The minimum absolute atomic E-state index is 0.0358. The molecular formula is C7H14N2O3S2. The van der Waals surface area contributed by atoms with Crippen molar-refractivity contribution in [3.05, 3.63) is 0 Å². The van der Waals surface area contributed by atoms with E-state index in [4.69, 9.17) is 5.73 Å². The Kier molecular flexibility index (Phi) is 3.46. The Morgan fingerprint density at radius 2 is 2.29 bits per heavy atom. The van der Waals surface area contributed by atoms with Crippen LogP contribution in [0.25, 0.3) is 0 Å². The van der Waals surface area contributed by atoms with Gasteiger partial charge in [-0.25, -0.2) is 8.42 Å². The lowest BCUT2D eigenvalue weighted by atomic mass is 10.3.